The molecule has 3 aliphatic carbocycles. The molecule has 0 aromatic carbocycles. The van der Waals surface area contributed by atoms with Gasteiger partial charge < -0.3 is 5.11 Å². The standard InChI is InChI=1S/C22H39NO4S/c1-17-7-9-19(10-8-17)16-23(15-18-5-3-2-4-6-18)28(26,27)21-13-11-20(12-14-21)22(24)25/h17-21H,2-16H2,1H3,(H,24,25). The topological polar surface area (TPSA) is 74.7 Å². The lowest BCUT2D eigenvalue weighted by molar-refractivity contribution is -0.142. The van der Waals surface area contributed by atoms with Gasteiger partial charge in [-0.05, 0) is 69.1 Å². The zero-order valence-corrected chi connectivity index (χ0v) is 18.3. The van der Waals surface area contributed by atoms with Crippen molar-refractivity contribution >= 4 is 16.0 Å². The highest BCUT2D eigenvalue weighted by Gasteiger charge is 2.38. The summed E-state index contributed by atoms with van der Waals surface area (Å²) in [7, 11) is -3.35. The SMILES string of the molecule is CC1CCC(CN(CC2CCCCC2)S(=O)(=O)C2CCC(C(=O)O)CC2)CC1. The molecule has 0 aromatic heterocycles. The molecule has 0 atom stereocenters. The summed E-state index contributed by atoms with van der Waals surface area (Å²) in [4.78, 5) is 11.2. The van der Waals surface area contributed by atoms with Gasteiger partial charge in [-0.3, -0.25) is 4.79 Å². The smallest absolute Gasteiger partial charge is 0.306 e. The van der Waals surface area contributed by atoms with Crippen LogP contribution in [0.2, 0.25) is 0 Å². The first-order valence-corrected chi connectivity index (χ1v) is 13.1. The van der Waals surface area contributed by atoms with Gasteiger partial charge in [-0.2, -0.15) is 0 Å². The highest BCUT2D eigenvalue weighted by atomic mass is 32.2. The number of hydrogen-bond donors (Lipinski definition) is 1. The van der Waals surface area contributed by atoms with Gasteiger partial charge in [0, 0.05) is 13.1 Å². The second kappa shape index (κ2) is 9.92. The van der Waals surface area contributed by atoms with E-state index in [2.05, 4.69) is 6.92 Å². The Balaban J connectivity index is 1.67. The highest BCUT2D eigenvalue weighted by molar-refractivity contribution is 7.89. The van der Waals surface area contributed by atoms with Gasteiger partial charge in [0.2, 0.25) is 10.0 Å². The van der Waals surface area contributed by atoms with Crippen LogP contribution in [0.15, 0.2) is 0 Å². The Morgan fingerprint density at radius 3 is 1.89 bits per heavy atom. The predicted molar refractivity (Wildman–Crippen MR) is 112 cm³/mol. The van der Waals surface area contributed by atoms with Crippen LogP contribution in [0.4, 0.5) is 0 Å². The molecular formula is C22H39NO4S. The third kappa shape index (κ3) is 5.71. The molecule has 3 fully saturated rings. The molecule has 0 aromatic rings. The fraction of sp³-hybridized carbons (Fsp3) is 0.955. The quantitative estimate of drug-likeness (QED) is 0.658. The molecule has 0 radical (unpaired) electrons. The molecule has 0 heterocycles. The number of aliphatic carboxylic acids is 1. The van der Waals surface area contributed by atoms with E-state index in [4.69, 9.17) is 0 Å². The molecule has 162 valence electrons. The molecular weight excluding hydrogens is 374 g/mol. The van der Waals surface area contributed by atoms with E-state index in [1.807, 2.05) is 4.31 Å². The van der Waals surface area contributed by atoms with E-state index in [0.717, 1.165) is 31.6 Å². The van der Waals surface area contributed by atoms with Crippen molar-refractivity contribution in [1.29, 1.82) is 0 Å². The monoisotopic (exact) mass is 413 g/mol. The van der Waals surface area contributed by atoms with Crippen LogP contribution in [-0.2, 0) is 14.8 Å². The molecule has 0 amide bonds. The van der Waals surface area contributed by atoms with Gasteiger partial charge in [0.05, 0.1) is 11.2 Å². The Morgan fingerprint density at radius 1 is 0.821 bits per heavy atom. The zero-order valence-electron chi connectivity index (χ0n) is 17.5. The van der Waals surface area contributed by atoms with E-state index in [0.29, 0.717) is 50.6 Å². The summed E-state index contributed by atoms with van der Waals surface area (Å²) >= 11 is 0. The molecule has 3 aliphatic rings. The largest absolute Gasteiger partial charge is 0.481 e. The van der Waals surface area contributed by atoms with Crippen molar-refractivity contribution in [3.8, 4) is 0 Å². The highest BCUT2D eigenvalue weighted by Crippen LogP contribution is 2.35. The van der Waals surface area contributed by atoms with Gasteiger partial charge in [0.15, 0.2) is 0 Å². The van der Waals surface area contributed by atoms with Crippen LogP contribution in [-0.4, -0.2) is 42.1 Å². The van der Waals surface area contributed by atoms with E-state index in [9.17, 15) is 18.3 Å². The van der Waals surface area contributed by atoms with Gasteiger partial charge >= 0.3 is 5.97 Å². The van der Waals surface area contributed by atoms with Crippen LogP contribution in [0, 0.1) is 23.7 Å². The molecule has 0 spiro atoms. The Morgan fingerprint density at radius 2 is 1.36 bits per heavy atom. The average Bonchev–Trinajstić information content (AvgIpc) is 2.70. The Labute approximate surface area is 171 Å². The number of nitrogens with zero attached hydrogens (tertiary/aromatic N) is 1. The zero-order chi connectivity index (χ0) is 20.1. The van der Waals surface area contributed by atoms with Crippen LogP contribution < -0.4 is 0 Å². The van der Waals surface area contributed by atoms with E-state index >= 15 is 0 Å². The first-order chi connectivity index (χ1) is 13.4. The summed E-state index contributed by atoms with van der Waals surface area (Å²) < 4.78 is 29.0. The molecule has 3 saturated carbocycles. The fourth-order valence-electron chi connectivity index (χ4n) is 5.56. The minimum Gasteiger partial charge on any atom is -0.481 e. The molecule has 1 N–H and O–H groups in total. The van der Waals surface area contributed by atoms with Gasteiger partial charge in [0.25, 0.3) is 0 Å². The van der Waals surface area contributed by atoms with Crippen molar-refractivity contribution in [2.45, 2.75) is 95.6 Å². The van der Waals surface area contributed by atoms with Crippen molar-refractivity contribution in [2.24, 2.45) is 23.7 Å². The van der Waals surface area contributed by atoms with Gasteiger partial charge in [0.1, 0.15) is 0 Å². The normalized spacial score (nSPS) is 33.1. The predicted octanol–water partition coefficient (Wildman–Crippen LogP) is 4.67. The minimum absolute atomic E-state index is 0.363. The molecule has 0 bridgehead atoms. The number of carbonyl (C=O) groups is 1. The van der Waals surface area contributed by atoms with Crippen LogP contribution in [0.3, 0.4) is 0 Å². The third-order valence-corrected chi connectivity index (χ3v) is 9.92. The van der Waals surface area contributed by atoms with E-state index < -0.39 is 16.0 Å². The van der Waals surface area contributed by atoms with Crippen molar-refractivity contribution < 1.29 is 18.3 Å². The average molecular weight is 414 g/mol. The van der Waals surface area contributed by atoms with Crippen molar-refractivity contribution in [3.05, 3.63) is 0 Å². The summed E-state index contributed by atoms with van der Waals surface area (Å²) in [5.41, 5.74) is 0. The van der Waals surface area contributed by atoms with Crippen LogP contribution in [0.5, 0.6) is 0 Å². The first-order valence-electron chi connectivity index (χ1n) is 11.6. The second-order valence-corrected chi connectivity index (χ2v) is 12.0. The molecule has 0 saturated heterocycles. The maximum atomic E-state index is 13.6. The lowest BCUT2D eigenvalue weighted by Crippen LogP contribution is -2.45. The van der Waals surface area contributed by atoms with Crippen molar-refractivity contribution in [2.75, 3.05) is 13.1 Å². The summed E-state index contributed by atoms with van der Waals surface area (Å²) in [6.45, 7) is 3.67. The number of carboxylic acid groups (broad SMARTS) is 1. The van der Waals surface area contributed by atoms with Crippen molar-refractivity contribution in [3.63, 3.8) is 0 Å². The molecule has 0 unspecified atom stereocenters. The fourth-order valence-corrected chi connectivity index (χ4v) is 7.68. The van der Waals surface area contributed by atoms with Crippen LogP contribution in [0.25, 0.3) is 0 Å². The lowest BCUT2D eigenvalue weighted by atomic mass is 9.83. The molecule has 6 heteroatoms. The van der Waals surface area contributed by atoms with E-state index in [-0.39, 0.29) is 11.2 Å². The van der Waals surface area contributed by atoms with Gasteiger partial charge in [-0.1, -0.05) is 39.0 Å². The minimum atomic E-state index is -3.35. The summed E-state index contributed by atoms with van der Waals surface area (Å²) in [6, 6.07) is 0. The Bertz CT molecular complexity index is 598. The maximum absolute atomic E-state index is 13.6. The number of rotatable bonds is 7. The van der Waals surface area contributed by atoms with Crippen LogP contribution in [0.1, 0.15) is 90.4 Å². The lowest BCUT2D eigenvalue weighted by Gasteiger charge is -2.37. The first kappa shape index (κ1) is 22.1. The molecule has 28 heavy (non-hydrogen) atoms. The van der Waals surface area contributed by atoms with Crippen LogP contribution >= 0.6 is 0 Å². The Kier molecular flexibility index (Phi) is 7.82. The number of carboxylic acids is 1. The number of sulfonamides is 1. The van der Waals surface area contributed by atoms with Gasteiger partial charge in [-0.25, -0.2) is 12.7 Å². The van der Waals surface area contributed by atoms with Gasteiger partial charge in [-0.15, -0.1) is 0 Å². The Hall–Kier alpha value is -0.620. The summed E-state index contributed by atoms with van der Waals surface area (Å²) in [5.74, 6) is 0.626. The summed E-state index contributed by atoms with van der Waals surface area (Å²) in [5, 5.41) is 8.85. The maximum Gasteiger partial charge on any atom is 0.306 e. The van der Waals surface area contributed by atoms with E-state index in [1.54, 1.807) is 0 Å². The third-order valence-electron chi connectivity index (χ3n) is 7.59. The van der Waals surface area contributed by atoms with E-state index in [1.165, 1.54) is 32.1 Å². The molecule has 3 rings (SSSR count). The molecule has 0 aliphatic heterocycles. The molecule has 5 nitrogen and oxygen atoms in total. The second-order valence-electron chi connectivity index (χ2n) is 9.80. The summed E-state index contributed by atoms with van der Waals surface area (Å²) in [6.07, 6.45) is 12.7. The number of hydrogen-bond acceptors (Lipinski definition) is 3. The van der Waals surface area contributed by atoms with Crippen molar-refractivity contribution in [1.82, 2.24) is 4.31 Å².